The standard InChI is InChI=1S/C8H9N5O2S/c1-4-6(16-12-11-4)7(14)13-3-2-5(9)10-8(13)15/h2-3H2,1H3,(H2,9,10,15). The fourth-order valence-corrected chi connectivity index (χ4v) is 1.91. The molecule has 0 aromatic carbocycles. The summed E-state index contributed by atoms with van der Waals surface area (Å²) in [5, 5.41) is 3.72. The molecule has 7 nitrogen and oxygen atoms in total. The molecule has 0 aliphatic carbocycles. The summed E-state index contributed by atoms with van der Waals surface area (Å²) >= 11 is 0.970. The summed E-state index contributed by atoms with van der Waals surface area (Å²) < 4.78 is 3.65. The van der Waals surface area contributed by atoms with Crippen molar-refractivity contribution in [2.45, 2.75) is 13.3 Å². The van der Waals surface area contributed by atoms with Gasteiger partial charge in [-0.1, -0.05) is 4.49 Å². The molecule has 16 heavy (non-hydrogen) atoms. The lowest BCUT2D eigenvalue weighted by Gasteiger charge is -2.21. The summed E-state index contributed by atoms with van der Waals surface area (Å²) in [6.45, 7) is 1.92. The number of nitrogens with zero attached hydrogens (tertiary/aromatic N) is 4. The number of aromatic nitrogens is 2. The maximum Gasteiger partial charge on any atom is 0.352 e. The average Bonchev–Trinajstić information content (AvgIpc) is 2.63. The van der Waals surface area contributed by atoms with E-state index in [1.807, 2.05) is 0 Å². The molecule has 8 heteroatoms. The van der Waals surface area contributed by atoms with Crippen LogP contribution < -0.4 is 5.73 Å². The quantitative estimate of drug-likeness (QED) is 0.752. The first-order chi connectivity index (χ1) is 7.59. The van der Waals surface area contributed by atoms with Crippen LogP contribution in [-0.2, 0) is 0 Å². The third-order valence-corrected chi connectivity index (χ3v) is 2.97. The van der Waals surface area contributed by atoms with Gasteiger partial charge in [0.15, 0.2) is 0 Å². The molecule has 2 N–H and O–H groups in total. The molecule has 0 spiro atoms. The summed E-state index contributed by atoms with van der Waals surface area (Å²) in [5.74, 6) is -0.151. The maximum absolute atomic E-state index is 11.9. The molecule has 1 aromatic heterocycles. The van der Waals surface area contributed by atoms with Crippen molar-refractivity contribution >= 4 is 29.3 Å². The van der Waals surface area contributed by atoms with Gasteiger partial charge in [0.05, 0.1) is 5.69 Å². The summed E-state index contributed by atoms with van der Waals surface area (Å²) in [5.41, 5.74) is 5.92. The highest BCUT2D eigenvalue weighted by molar-refractivity contribution is 7.08. The normalized spacial score (nSPS) is 16.2. The molecular weight excluding hydrogens is 230 g/mol. The van der Waals surface area contributed by atoms with Crippen LogP contribution in [0.1, 0.15) is 21.8 Å². The number of amides is 3. The van der Waals surface area contributed by atoms with Gasteiger partial charge in [0.25, 0.3) is 5.91 Å². The van der Waals surface area contributed by atoms with E-state index in [4.69, 9.17) is 5.73 Å². The fourth-order valence-electron chi connectivity index (χ4n) is 1.30. The predicted molar refractivity (Wildman–Crippen MR) is 57.3 cm³/mol. The van der Waals surface area contributed by atoms with Crippen LogP contribution in [0.5, 0.6) is 0 Å². The molecule has 2 rings (SSSR count). The zero-order chi connectivity index (χ0) is 11.7. The average molecular weight is 239 g/mol. The molecule has 84 valence electrons. The number of aliphatic imine (C=N–C) groups is 1. The second-order valence-corrected chi connectivity index (χ2v) is 4.03. The van der Waals surface area contributed by atoms with Crippen molar-refractivity contribution in [3.05, 3.63) is 10.6 Å². The summed E-state index contributed by atoms with van der Waals surface area (Å²) in [6, 6.07) is -0.624. The maximum atomic E-state index is 11.9. The van der Waals surface area contributed by atoms with E-state index in [1.54, 1.807) is 6.92 Å². The van der Waals surface area contributed by atoms with Crippen LogP contribution in [0.15, 0.2) is 4.99 Å². The minimum Gasteiger partial charge on any atom is -0.387 e. The summed E-state index contributed by atoms with van der Waals surface area (Å²) in [7, 11) is 0. The Morgan fingerprint density at radius 2 is 2.31 bits per heavy atom. The SMILES string of the molecule is Cc1nnsc1C(=O)N1CCC(N)=NC1=O. The van der Waals surface area contributed by atoms with Gasteiger partial charge in [0.1, 0.15) is 10.7 Å². The highest BCUT2D eigenvalue weighted by Gasteiger charge is 2.28. The zero-order valence-electron chi connectivity index (χ0n) is 8.51. The largest absolute Gasteiger partial charge is 0.387 e. The van der Waals surface area contributed by atoms with Gasteiger partial charge >= 0.3 is 6.03 Å². The molecule has 0 fully saturated rings. The van der Waals surface area contributed by atoms with Crippen LogP contribution in [-0.4, -0.2) is 38.8 Å². The number of rotatable bonds is 1. The smallest absolute Gasteiger partial charge is 0.352 e. The van der Waals surface area contributed by atoms with E-state index in [0.717, 1.165) is 16.4 Å². The lowest BCUT2D eigenvalue weighted by atomic mass is 10.3. The Labute approximate surface area is 95.1 Å². The third-order valence-electron chi connectivity index (χ3n) is 2.15. The van der Waals surface area contributed by atoms with Crippen molar-refractivity contribution in [1.82, 2.24) is 14.5 Å². The molecular formula is C8H9N5O2S. The first-order valence-electron chi connectivity index (χ1n) is 4.57. The highest BCUT2D eigenvalue weighted by atomic mass is 32.1. The molecule has 2 heterocycles. The number of nitrogens with two attached hydrogens (primary N) is 1. The Bertz CT molecular complexity index is 481. The van der Waals surface area contributed by atoms with E-state index in [1.165, 1.54) is 0 Å². The second-order valence-electron chi connectivity index (χ2n) is 3.28. The Kier molecular flexibility index (Phi) is 2.65. The first kappa shape index (κ1) is 10.7. The van der Waals surface area contributed by atoms with Crippen molar-refractivity contribution in [1.29, 1.82) is 0 Å². The Hall–Kier alpha value is -1.83. The van der Waals surface area contributed by atoms with Gasteiger partial charge in [-0.3, -0.25) is 9.69 Å². The number of carbonyl (C=O) groups excluding carboxylic acids is 2. The van der Waals surface area contributed by atoms with Crippen molar-refractivity contribution in [2.24, 2.45) is 10.7 Å². The molecule has 0 atom stereocenters. The summed E-state index contributed by atoms with van der Waals surface area (Å²) in [4.78, 5) is 28.3. The van der Waals surface area contributed by atoms with Gasteiger partial charge < -0.3 is 5.73 Å². The van der Waals surface area contributed by atoms with E-state index < -0.39 is 11.9 Å². The second kappa shape index (κ2) is 3.97. The van der Waals surface area contributed by atoms with Gasteiger partial charge in [-0.05, 0) is 18.5 Å². The molecule has 0 radical (unpaired) electrons. The first-order valence-corrected chi connectivity index (χ1v) is 5.34. The van der Waals surface area contributed by atoms with Gasteiger partial charge in [-0.25, -0.2) is 4.79 Å². The van der Waals surface area contributed by atoms with Crippen molar-refractivity contribution in [3.63, 3.8) is 0 Å². The number of hydrogen-bond donors (Lipinski definition) is 1. The van der Waals surface area contributed by atoms with Gasteiger partial charge in [0, 0.05) is 13.0 Å². The fraction of sp³-hybridized carbons (Fsp3) is 0.375. The monoisotopic (exact) mass is 239 g/mol. The van der Waals surface area contributed by atoms with Gasteiger partial charge in [-0.2, -0.15) is 4.99 Å². The minimum atomic E-state index is -0.624. The van der Waals surface area contributed by atoms with Crippen molar-refractivity contribution in [3.8, 4) is 0 Å². The molecule has 1 aliphatic rings. The van der Waals surface area contributed by atoms with Crippen LogP contribution in [0.3, 0.4) is 0 Å². The van der Waals surface area contributed by atoms with Gasteiger partial charge in [0.2, 0.25) is 0 Å². The number of hydrogen-bond acceptors (Lipinski definition) is 6. The van der Waals surface area contributed by atoms with E-state index in [0.29, 0.717) is 17.0 Å². The molecule has 0 unspecified atom stereocenters. The lowest BCUT2D eigenvalue weighted by molar-refractivity contribution is 0.0812. The molecule has 1 aliphatic heterocycles. The minimum absolute atomic E-state index is 0.254. The molecule has 0 saturated heterocycles. The molecule has 0 bridgehead atoms. The number of aryl methyl sites for hydroxylation is 1. The van der Waals surface area contributed by atoms with Crippen molar-refractivity contribution < 1.29 is 9.59 Å². The number of amidine groups is 1. The molecule has 3 amide bonds. The highest BCUT2D eigenvalue weighted by Crippen LogP contribution is 2.15. The summed E-state index contributed by atoms with van der Waals surface area (Å²) in [6.07, 6.45) is 0.406. The van der Waals surface area contributed by atoms with E-state index in [2.05, 4.69) is 14.6 Å². The van der Waals surface area contributed by atoms with Crippen molar-refractivity contribution in [2.75, 3.05) is 6.54 Å². The number of carbonyl (C=O) groups is 2. The molecule has 1 aromatic rings. The van der Waals surface area contributed by atoms with E-state index >= 15 is 0 Å². The Morgan fingerprint density at radius 3 is 2.88 bits per heavy atom. The van der Waals surface area contributed by atoms with Crippen LogP contribution in [0.25, 0.3) is 0 Å². The predicted octanol–water partition coefficient (Wildman–Crippen LogP) is 0.170. The topological polar surface area (TPSA) is 102 Å². The van der Waals surface area contributed by atoms with E-state index in [9.17, 15) is 9.59 Å². The van der Waals surface area contributed by atoms with E-state index in [-0.39, 0.29) is 12.4 Å². The number of urea groups is 1. The van der Waals surface area contributed by atoms with Crippen LogP contribution in [0, 0.1) is 6.92 Å². The molecule has 0 saturated carbocycles. The van der Waals surface area contributed by atoms with Crippen LogP contribution >= 0.6 is 11.5 Å². The number of imide groups is 1. The van der Waals surface area contributed by atoms with Crippen LogP contribution in [0.4, 0.5) is 4.79 Å². The van der Waals surface area contributed by atoms with Crippen LogP contribution in [0.2, 0.25) is 0 Å². The third kappa shape index (κ3) is 1.78. The van der Waals surface area contributed by atoms with Gasteiger partial charge in [-0.15, -0.1) is 5.10 Å². The lowest BCUT2D eigenvalue weighted by Crippen LogP contribution is -2.41. The Balaban J connectivity index is 2.24. The zero-order valence-corrected chi connectivity index (χ0v) is 9.32. The Morgan fingerprint density at radius 1 is 1.56 bits per heavy atom.